The van der Waals surface area contributed by atoms with Gasteiger partial charge in [-0.2, -0.15) is 0 Å². The van der Waals surface area contributed by atoms with Gasteiger partial charge in [0.05, 0.1) is 11.3 Å². The predicted molar refractivity (Wildman–Crippen MR) is 164 cm³/mol. The quantitative estimate of drug-likeness (QED) is 0.170. The molecule has 2 heterocycles. The van der Waals surface area contributed by atoms with Crippen molar-refractivity contribution in [3.63, 3.8) is 0 Å². The van der Waals surface area contributed by atoms with E-state index in [9.17, 15) is 9.59 Å². The Bertz CT molecular complexity index is 1860. The highest BCUT2D eigenvalue weighted by Gasteiger charge is 2.39. The van der Waals surface area contributed by atoms with Gasteiger partial charge in [-0.15, -0.1) is 11.3 Å². The Morgan fingerprint density at radius 1 is 0.700 bits per heavy atom. The summed E-state index contributed by atoms with van der Waals surface area (Å²) in [6.07, 6.45) is 1.79. The lowest BCUT2D eigenvalue weighted by molar-refractivity contribution is 0.0990. The molecule has 0 atom stereocenters. The first kappa shape index (κ1) is 24.5. The molecule has 0 saturated carbocycles. The number of rotatable bonds is 3. The first-order valence-electron chi connectivity index (χ1n) is 13.4. The van der Waals surface area contributed by atoms with Gasteiger partial charge in [-0.3, -0.25) is 9.59 Å². The molecule has 4 aromatic carbocycles. The van der Waals surface area contributed by atoms with Crippen LogP contribution < -0.4 is 4.90 Å². The third-order valence-corrected chi connectivity index (χ3v) is 9.15. The highest BCUT2D eigenvalue weighted by atomic mass is 32.1. The standard InChI is InChI=1S/C36H27NO2S/c1-22-14-16-27-28(18-22)34(39)29(33(27)38)20-26-21-31-35(40-26)37(25-12-8-5-9-13-25)32-17-15-24(19-30(32)36(31,2)3)23-10-6-4-7-11-23/h4-21H,1-3H3/b29-20+. The lowest BCUT2D eigenvalue weighted by Gasteiger charge is -2.40. The van der Waals surface area contributed by atoms with Crippen LogP contribution in [0.2, 0.25) is 0 Å². The summed E-state index contributed by atoms with van der Waals surface area (Å²) in [4.78, 5) is 29.7. The molecule has 0 N–H and O–H groups in total. The maximum atomic E-state index is 13.3. The van der Waals surface area contributed by atoms with E-state index in [0.717, 1.165) is 26.8 Å². The van der Waals surface area contributed by atoms with Gasteiger partial charge in [0, 0.05) is 27.1 Å². The summed E-state index contributed by atoms with van der Waals surface area (Å²) in [5, 5.41) is 1.11. The minimum absolute atomic E-state index is 0.190. The van der Waals surface area contributed by atoms with Gasteiger partial charge < -0.3 is 4.90 Å². The first-order chi connectivity index (χ1) is 19.3. The predicted octanol–water partition coefficient (Wildman–Crippen LogP) is 9.30. The molecule has 0 saturated heterocycles. The molecule has 1 aromatic heterocycles. The molecule has 2 aliphatic rings. The zero-order valence-electron chi connectivity index (χ0n) is 22.6. The van der Waals surface area contributed by atoms with Crippen molar-refractivity contribution in [3.8, 4) is 11.1 Å². The van der Waals surface area contributed by atoms with Crippen molar-refractivity contribution in [1.29, 1.82) is 0 Å². The number of ketones is 2. The Morgan fingerprint density at radius 3 is 2.15 bits per heavy atom. The molecule has 194 valence electrons. The van der Waals surface area contributed by atoms with E-state index in [-0.39, 0.29) is 22.6 Å². The smallest absolute Gasteiger partial charge is 0.197 e. The number of thiophene rings is 1. The summed E-state index contributed by atoms with van der Waals surface area (Å²) < 4.78 is 0. The van der Waals surface area contributed by atoms with Crippen LogP contribution >= 0.6 is 11.3 Å². The Morgan fingerprint density at radius 2 is 1.40 bits per heavy atom. The van der Waals surface area contributed by atoms with Crippen molar-refractivity contribution in [2.75, 3.05) is 4.90 Å². The summed E-state index contributed by atoms with van der Waals surface area (Å²) in [5.74, 6) is -0.383. The van der Waals surface area contributed by atoms with Gasteiger partial charge in [0.2, 0.25) is 0 Å². The van der Waals surface area contributed by atoms with Gasteiger partial charge in [0.1, 0.15) is 5.00 Å². The monoisotopic (exact) mass is 537 g/mol. The van der Waals surface area contributed by atoms with Crippen LogP contribution in [0.25, 0.3) is 17.2 Å². The van der Waals surface area contributed by atoms with Crippen molar-refractivity contribution in [1.82, 2.24) is 0 Å². The number of aryl methyl sites for hydroxylation is 1. The van der Waals surface area contributed by atoms with Crippen LogP contribution in [0.15, 0.2) is 109 Å². The van der Waals surface area contributed by atoms with Gasteiger partial charge in [-0.05, 0) is 71.7 Å². The molecular formula is C36H27NO2S. The number of hydrogen-bond acceptors (Lipinski definition) is 4. The number of benzene rings is 4. The molecule has 1 aliphatic carbocycles. The molecule has 40 heavy (non-hydrogen) atoms. The largest absolute Gasteiger partial charge is 0.301 e. The average Bonchev–Trinajstić information content (AvgIpc) is 3.50. The normalized spacial score (nSPS) is 16.2. The number of hydrogen-bond donors (Lipinski definition) is 0. The molecule has 3 nitrogen and oxygen atoms in total. The van der Waals surface area contributed by atoms with E-state index in [1.165, 1.54) is 22.3 Å². The number of allylic oxidation sites excluding steroid dienone is 1. The number of nitrogens with zero attached hydrogens (tertiary/aromatic N) is 1. The van der Waals surface area contributed by atoms with Gasteiger partial charge in [-0.25, -0.2) is 0 Å². The van der Waals surface area contributed by atoms with E-state index < -0.39 is 0 Å². The molecule has 4 heteroatoms. The maximum absolute atomic E-state index is 13.3. The molecule has 0 fully saturated rings. The number of carbonyl (C=O) groups is 2. The van der Waals surface area contributed by atoms with Crippen molar-refractivity contribution in [3.05, 3.63) is 141 Å². The fourth-order valence-corrected chi connectivity index (χ4v) is 7.22. The molecule has 1 aliphatic heterocycles. The molecule has 0 spiro atoms. The van der Waals surface area contributed by atoms with Crippen LogP contribution in [0.1, 0.15) is 56.1 Å². The van der Waals surface area contributed by atoms with Crippen LogP contribution in [-0.4, -0.2) is 11.6 Å². The zero-order chi connectivity index (χ0) is 27.6. The van der Waals surface area contributed by atoms with Gasteiger partial charge in [0.25, 0.3) is 0 Å². The second-order valence-corrected chi connectivity index (χ2v) is 12.1. The Hall–Kier alpha value is -4.54. The fourth-order valence-electron chi connectivity index (χ4n) is 5.93. The molecule has 0 amide bonds. The van der Waals surface area contributed by atoms with Crippen molar-refractivity contribution < 1.29 is 9.59 Å². The lowest BCUT2D eigenvalue weighted by Crippen LogP contribution is -2.29. The fraction of sp³-hybridized carbons (Fsp3) is 0.111. The third-order valence-electron chi connectivity index (χ3n) is 8.08. The Labute approximate surface area is 238 Å². The van der Waals surface area contributed by atoms with Gasteiger partial charge in [-0.1, -0.05) is 86.1 Å². The van der Waals surface area contributed by atoms with Crippen LogP contribution in [-0.2, 0) is 5.41 Å². The third kappa shape index (κ3) is 3.71. The lowest BCUT2D eigenvalue weighted by atomic mass is 9.74. The van der Waals surface area contributed by atoms with Crippen LogP contribution in [0, 0.1) is 6.92 Å². The molecule has 0 unspecified atom stereocenters. The highest BCUT2D eigenvalue weighted by Crippen LogP contribution is 2.55. The minimum Gasteiger partial charge on any atom is -0.301 e. The number of Topliss-reactive ketones (excluding diaryl/α,β-unsaturated/α-hetero) is 2. The highest BCUT2D eigenvalue weighted by molar-refractivity contribution is 7.17. The number of anilines is 3. The van der Waals surface area contributed by atoms with E-state index in [4.69, 9.17) is 0 Å². The molecule has 0 radical (unpaired) electrons. The number of fused-ring (bicyclic) bond motifs is 3. The van der Waals surface area contributed by atoms with E-state index in [1.54, 1.807) is 23.5 Å². The van der Waals surface area contributed by atoms with Crippen molar-refractivity contribution >= 4 is 45.4 Å². The van der Waals surface area contributed by atoms with Crippen LogP contribution in [0.5, 0.6) is 0 Å². The summed E-state index contributed by atoms with van der Waals surface area (Å²) in [7, 11) is 0. The zero-order valence-corrected chi connectivity index (χ0v) is 23.4. The van der Waals surface area contributed by atoms with E-state index >= 15 is 0 Å². The first-order valence-corrected chi connectivity index (χ1v) is 14.3. The SMILES string of the molecule is Cc1ccc2c(c1)C(=O)/C(=C/c1cc3c(s1)N(c1ccccc1)c1ccc(-c4ccccc4)cc1C3(C)C)C2=O. The summed E-state index contributed by atoms with van der Waals surface area (Å²) >= 11 is 1.62. The van der Waals surface area contributed by atoms with Gasteiger partial charge in [0.15, 0.2) is 11.6 Å². The number of carbonyl (C=O) groups excluding carboxylic acids is 2. The van der Waals surface area contributed by atoms with E-state index in [2.05, 4.69) is 91.5 Å². The Balaban J connectivity index is 1.40. The van der Waals surface area contributed by atoms with E-state index in [0.29, 0.717) is 11.1 Å². The average molecular weight is 538 g/mol. The molecule has 7 rings (SSSR count). The number of para-hydroxylation sites is 1. The summed E-state index contributed by atoms with van der Waals surface area (Å²) in [6, 6.07) is 35.2. The Kier molecular flexibility index (Phi) is 5.51. The second-order valence-electron chi connectivity index (χ2n) is 11.0. The molecule has 5 aromatic rings. The van der Waals surface area contributed by atoms with Crippen LogP contribution in [0.3, 0.4) is 0 Å². The van der Waals surface area contributed by atoms with Crippen LogP contribution in [0.4, 0.5) is 16.4 Å². The van der Waals surface area contributed by atoms with Crippen molar-refractivity contribution in [2.24, 2.45) is 0 Å². The summed E-state index contributed by atoms with van der Waals surface area (Å²) in [5.41, 5.74) is 8.91. The minimum atomic E-state index is -0.294. The molecule has 0 bridgehead atoms. The van der Waals surface area contributed by atoms with Crippen molar-refractivity contribution in [2.45, 2.75) is 26.2 Å². The molecular weight excluding hydrogens is 510 g/mol. The second kappa shape index (κ2) is 9.00. The topological polar surface area (TPSA) is 37.4 Å². The summed E-state index contributed by atoms with van der Waals surface area (Å²) in [6.45, 7) is 6.46. The maximum Gasteiger partial charge on any atom is 0.197 e. The van der Waals surface area contributed by atoms with Gasteiger partial charge >= 0.3 is 0 Å². The van der Waals surface area contributed by atoms with E-state index in [1.807, 2.05) is 31.2 Å².